The molecule has 35 heavy (non-hydrogen) atoms. The minimum atomic E-state index is -1.05. The van der Waals surface area contributed by atoms with Crippen molar-refractivity contribution >= 4 is 50.4 Å². The van der Waals surface area contributed by atoms with Crippen molar-refractivity contribution in [1.82, 2.24) is 0 Å². The Morgan fingerprint density at radius 3 is 2.43 bits per heavy atom. The van der Waals surface area contributed by atoms with E-state index >= 15 is 0 Å². The standard InChI is InChI=1S/C27H21ClFNO3S2/c1-2-35(33)22-11-9-17(10-12-22)13-24(31)30-25-16-23(18-5-3-7-20(28)14-18)27(34-25)26(32)19-6-4-8-21(29)15-19/h3-12,14-16H,2,13H2,1H3,(H,30,31). The number of hydrogen-bond donors (Lipinski definition) is 1. The van der Waals surface area contributed by atoms with Gasteiger partial charge in [-0.05, 0) is 53.6 Å². The van der Waals surface area contributed by atoms with Crippen molar-refractivity contribution in [2.45, 2.75) is 18.2 Å². The molecule has 0 aliphatic rings. The van der Waals surface area contributed by atoms with E-state index in [1.165, 1.54) is 18.2 Å². The van der Waals surface area contributed by atoms with Crippen LogP contribution in [-0.2, 0) is 22.0 Å². The molecule has 8 heteroatoms. The summed E-state index contributed by atoms with van der Waals surface area (Å²) < 4.78 is 25.7. The van der Waals surface area contributed by atoms with E-state index in [2.05, 4.69) is 5.32 Å². The summed E-state index contributed by atoms with van der Waals surface area (Å²) in [5.41, 5.74) is 2.32. The summed E-state index contributed by atoms with van der Waals surface area (Å²) in [6, 6.07) is 21.4. The highest BCUT2D eigenvalue weighted by Gasteiger charge is 2.21. The van der Waals surface area contributed by atoms with Gasteiger partial charge in [0.25, 0.3) is 0 Å². The minimum absolute atomic E-state index is 0.122. The lowest BCUT2D eigenvalue weighted by Crippen LogP contribution is -2.13. The van der Waals surface area contributed by atoms with E-state index in [1.54, 1.807) is 54.6 Å². The second-order valence-corrected chi connectivity index (χ2v) is 10.9. The zero-order valence-electron chi connectivity index (χ0n) is 18.7. The summed E-state index contributed by atoms with van der Waals surface area (Å²) in [5.74, 6) is -0.564. The average Bonchev–Trinajstić information content (AvgIpc) is 3.27. The second kappa shape index (κ2) is 11.1. The Hall–Kier alpha value is -3.13. The van der Waals surface area contributed by atoms with Gasteiger partial charge in [0.2, 0.25) is 11.7 Å². The summed E-state index contributed by atoms with van der Waals surface area (Å²) in [7, 11) is -1.05. The molecule has 0 spiro atoms. The van der Waals surface area contributed by atoms with Crippen molar-refractivity contribution in [2.24, 2.45) is 0 Å². The smallest absolute Gasteiger partial charge is 0.229 e. The van der Waals surface area contributed by atoms with Crippen LogP contribution in [0.3, 0.4) is 0 Å². The first-order valence-electron chi connectivity index (χ1n) is 10.8. The van der Waals surface area contributed by atoms with Crippen molar-refractivity contribution in [3.63, 3.8) is 0 Å². The molecule has 3 aromatic carbocycles. The Morgan fingerprint density at radius 1 is 1.00 bits per heavy atom. The number of carbonyl (C=O) groups is 2. The maximum absolute atomic E-state index is 13.8. The zero-order valence-corrected chi connectivity index (χ0v) is 21.1. The molecule has 1 heterocycles. The highest BCUT2D eigenvalue weighted by atomic mass is 35.5. The second-order valence-electron chi connectivity index (χ2n) is 7.71. The molecule has 1 amide bonds. The third-order valence-corrected chi connectivity index (χ3v) is 7.84. The van der Waals surface area contributed by atoms with Crippen LogP contribution in [-0.4, -0.2) is 21.7 Å². The van der Waals surface area contributed by atoms with E-state index < -0.39 is 16.6 Å². The van der Waals surface area contributed by atoms with Gasteiger partial charge in [-0.25, -0.2) is 4.39 Å². The van der Waals surface area contributed by atoms with Crippen LogP contribution in [0.4, 0.5) is 9.39 Å². The predicted molar refractivity (Wildman–Crippen MR) is 140 cm³/mol. The number of benzene rings is 3. The Labute approximate surface area is 214 Å². The molecule has 1 N–H and O–H groups in total. The van der Waals surface area contributed by atoms with Gasteiger partial charge in [-0.2, -0.15) is 0 Å². The fraction of sp³-hybridized carbons (Fsp3) is 0.111. The fourth-order valence-electron chi connectivity index (χ4n) is 3.55. The monoisotopic (exact) mass is 525 g/mol. The van der Waals surface area contributed by atoms with Gasteiger partial charge >= 0.3 is 0 Å². The normalized spacial score (nSPS) is 11.7. The molecule has 178 valence electrons. The van der Waals surface area contributed by atoms with Crippen LogP contribution >= 0.6 is 22.9 Å². The average molecular weight is 526 g/mol. The lowest BCUT2D eigenvalue weighted by molar-refractivity contribution is -0.115. The fourth-order valence-corrected chi connectivity index (χ4v) is 5.57. The zero-order chi connectivity index (χ0) is 24.9. The first kappa shape index (κ1) is 25.0. The van der Waals surface area contributed by atoms with Crippen LogP contribution in [0.25, 0.3) is 11.1 Å². The molecule has 0 saturated heterocycles. The van der Waals surface area contributed by atoms with Crippen LogP contribution in [0.15, 0.2) is 83.8 Å². The maximum Gasteiger partial charge on any atom is 0.229 e. The topological polar surface area (TPSA) is 63.2 Å². The number of halogens is 2. The molecule has 1 atom stereocenters. The highest BCUT2D eigenvalue weighted by Crippen LogP contribution is 2.37. The molecule has 0 aliphatic heterocycles. The number of ketones is 1. The van der Waals surface area contributed by atoms with Gasteiger partial charge in [0.1, 0.15) is 5.82 Å². The van der Waals surface area contributed by atoms with Gasteiger partial charge in [0.05, 0.1) is 27.1 Å². The molecule has 1 aromatic heterocycles. The third kappa shape index (κ3) is 6.11. The summed E-state index contributed by atoms with van der Waals surface area (Å²) in [4.78, 5) is 27.1. The molecule has 0 bridgehead atoms. The molecule has 0 radical (unpaired) electrons. The third-order valence-electron chi connectivity index (χ3n) is 5.24. The van der Waals surface area contributed by atoms with E-state index in [1.807, 2.05) is 13.0 Å². The van der Waals surface area contributed by atoms with E-state index in [0.29, 0.717) is 31.8 Å². The molecule has 1 unspecified atom stereocenters. The number of thiophene rings is 1. The van der Waals surface area contributed by atoms with Gasteiger partial charge in [-0.1, -0.05) is 54.9 Å². The van der Waals surface area contributed by atoms with Crippen LogP contribution in [0.2, 0.25) is 5.02 Å². The molecule has 4 aromatic rings. The largest absolute Gasteiger partial charge is 0.317 e. The van der Waals surface area contributed by atoms with Crippen molar-refractivity contribution in [2.75, 3.05) is 11.1 Å². The van der Waals surface area contributed by atoms with Crippen molar-refractivity contribution in [3.05, 3.63) is 106 Å². The molecule has 4 nitrogen and oxygen atoms in total. The number of nitrogens with one attached hydrogen (secondary N) is 1. The number of anilines is 1. The number of carbonyl (C=O) groups excluding carboxylic acids is 2. The summed E-state index contributed by atoms with van der Waals surface area (Å²) >= 11 is 7.30. The number of amides is 1. The van der Waals surface area contributed by atoms with E-state index in [9.17, 15) is 18.2 Å². The molecule has 0 saturated carbocycles. The van der Waals surface area contributed by atoms with Crippen LogP contribution in [0, 0.1) is 5.82 Å². The van der Waals surface area contributed by atoms with Gasteiger partial charge in [-0.15, -0.1) is 11.3 Å². The maximum atomic E-state index is 13.8. The Morgan fingerprint density at radius 2 is 1.74 bits per heavy atom. The Bertz CT molecular complexity index is 1420. The molecular formula is C27H21ClFNO3S2. The predicted octanol–water partition coefficient (Wildman–Crippen LogP) is 6.75. The SMILES string of the molecule is CCS(=O)c1ccc(CC(=O)Nc2cc(-c3cccc(Cl)c3)c(C(=O)c3cccc(F)c3)s2)cc1. The van der Waals surface area contributed by atoms with E-state index in [0.717, 1.165) is 21.8 Å². The van der Waals surface area contributed by atoms with Crippen molar-refractivity contribution < 1.29 is 18.2 Å². The summed E-state index contributed by atoms with van der Waals surface area (Å²) in [5, 5.41) is 3.87. The minimum Gasteiger partial charge on any atom is -0.317 e. The molecular weight excluding hydrogens is 505 g/mol. The first-order valence-corrected chi connectivity index (χ1v) is 13.3. The van der Waals surface area contributed by atoms with Gasteiger partial charge in [0.15, 0.2) is 0 Å². The van der Waals surface area contributed by atoms with Crippen molar-refractivity contribution in [1.29, 1.82) is 0 Å². The Kier molecular flexibility index (Phi) is 7.90. The molecule has 4 rings (SSSR count). The van der Waals surface area contributed by atoms with Gasteiger partial charge in [-0.3, -0.25) is 13.8 Å². The lowest BCUT2D eigenvalue weighted by atomic mass is 10.0. The lowest BCUT2D eigenvalue weighted by Gasteiger charge is -2.04. The van der Waals surface area contributed by atoms with Gasteiger partial charge in [0, 0.05) is 26.8 Å². The van der Waals surface area contributed by atoms with Crippen molar-refractivity contribution in [3.8, 4) is 11.1 Å². The van der Waals surface area contributed by atoms with E-state index in [-0.39, 0.29) is 23.7 Å². The quantitative estimate of drug-likeness (QED) is 0.259. The number of rotatable bonds is 8. The molecule has 0 fully saturated rings. The first-order chi connectivity index (χ1) is 16.8. The highest BCUT2D eigenvalue weighted by molar-refractivity contribution is 7.85. The molecule has 0 aliphatic carbocycles. The van der Waals surface area contributed by atoms with Crippen LogP contribution in [0.5, 0.6) is 0 Å². The van der Waals surface area contributed by atoms with E-state index in [4.69, 9.17) is 11.6 Å². The van der Waals surface area contributed by atoms with Crippen LogP contribution < -0.4 is 5.32 Å². The Balaban J connectivity index is 1.60. The summed E-state index contributed by atoms with van der Waals surface area (Å²) in [6.45, 7) is 1.85. The van der Waals surface area contributed by atoms with Gasteiger partial charge < -0.3 is 5.32 Å². The van der Waals surface area contributed by atoms with Crippen LogP contribution in [0.1, 0.15) is 27.7 Å². The summed E-state index contributed by atoms with van der Waals surface area (Å²) in [6.07, 6.45) is 0.122. The number of hydrogen-bond acceptors (Lipinski definition) is 4.